The minimum atomic E-state index is 0.110. The van der Waals surface area contributed by atoms with E-state index in [1.54, 1.807) is 0 Å². The Bertz CT molecular complexity index is 556. The molecule has 0 bridgehead atoms. The summed E-state index contributed by atoms with van der Waals surface area (Å²) in [5, 5.41) is 0.110. The highest BCUT2D eigenvalue weighted by Crippen LogP contribution is 2.44. The zero-order valence-corrected chi connectivity index (χ0v) is 13.0. The second-order valence-corrected chi connectivity index (χ2v) is 7.20. The SMILES string of the molecule is CC1(C)CCCCC1C(Cl)Cc1nc2ccccc2o1. The molecule has 0 radical (unpaired) electrons. The highest BCUT2D eigenvalue weighted by molar-refractivity contribution is 6.21. The second kappa shape index (κ2) is 5.40. The van der Waals surface area contributed by atoms with Gasteiger partial charge in [0.2, 0.25) is 0 Å². The summed E-state index contributed by atoms with van der Waals surface area (Å²) in [5.41, 5.74) is 2.11. The van der Waals surface area contributed by atoms with Crippen LogP contribution < -0.4 is 0 Å². The van der Waals surface area contributed by atoms with Gasteiger partial charge in [-0.25, -0.2) is 4.98 Å². The summed E-state index contributed by atoms with van der Waals surface area (Å²) < 4.78 is 5.80. The first-order chi connectivity index (χ1) is 9.56. The zero-order chi connectivity index (χ0) is 14.2. The maximum Gasteiger partial charge on any atom is 0.196 e. The highest BCUT2D eigenvalue weighted by Gasteiger charge is 2.37. The molecular formula is C17H22ClNO. The molecule has 2 nitrogen and oxygen atoms in total. The van der Waals surface area contributed by atoms with Crippen molar-refractivity contribution in [3.8, 4) is 0 Å². The molecular weight excluding hydrogens is 270 g/mol. The summed E-state index contributed by atoms with van der Waals surface area (Å²) >= 11 is 6.71. The summed E-state index contributed by atoms with van der Waals surface area (Å²) in [5.74, 6) is 1.32. The molecule has 0 amide bonds. The zero-order valence-electron chi connectivity index (χ0n) is 12.2. The van der Waals surface area contributed by atoms with E-state index in [2.05, 4.69) is 18.8 Å². The van der Waals surface area contributed by atoms with Gasteiger partial charge in [-0.3, -0.25) is 0 Å². The first-order valence-electron chi connectivity index (χ1n) is 7.55. The number of hydrogen-bond acceptors (Lipinski definition) is 2. The minimum absolute atomic E-state index is 0.110. The lowest BCUT2D eigenvalue weighted by Gasteiger charge is -2.41. The molecule has 2 unspecified atom stereocenters. The lowest BCUT2D eigenvalue weighted by atomic mass is 9.67. The maximum absolute atomic E-state index is 6.71. The number of hydrogen-bond donors (Lipinski definition) is 0. The summed E-state index contributed by atoms with van der Waals surface area (Å²) in [6.45, 7) is 4.69. The van der Waals surface area contributed by atoms with Gasteiger partial charge in [0.1, 0.15) is 5.52 Å². The molecule has 1 aromatic carbocycles. The van der Waals surface area contributed by atoms with E-state index in [1.165, 1.54) is 25.7 Å². The van der Waals surface area contributed by atoms with Gasteiger partial charge in [0.15, 0.2) is 11.5 Å². The van der Waals surface area contributed by atoms with E-state index in [4.69, 9.17) is 16.0 Å². The van der Waals surface area contributed by atoms with Crippen LogP contribution in [-0.4, -0.2) is 10.4 Å². The van der Waals surface area contributed by atoms with E-state index < -0.39 is 0 Å². The van der Waals surface area contributed by atoms with Gasteiger partial charge in [-0.2, -0.15) is 0 Å². The molecule has 0 aliphatic heterocycles. The number of fused-ring (bicyclic) bond motifs is 1. The summed E-state index contributed by atoms with van der Waals surface area (Å²) in [4.78, 5) is 4.54. The molecule has 2 aromatic rings. The molecule has 2 atom stereocenters. The number of oxazole rings is 1. The van der Waals surface area contributed by atoms with Crippen molar-refractivity contribution in [1.82, 2.24) is 4.98 Å². The standard InChI is InChI=1S/C17H22ClNO/c1-17(2)10-6-5-7-12(17)13(18)11-16-19-14-8-3-4-9-15(14)20-16/h3-4,8-9,12-13H,5-7,10-11H2,1-2H3. The lowest BCUT2D eigenvalue weighted by molar-refractivity contribution is 0.131. The van der Waals surface area contributed by atoms with Crippen LogP contribution in [0.15, 0.2) is 28.7 Å². The van der Waals surface area contributed by atoms with Crippen LogP contribution in [0, 0.1) is 11.3 Å². The Morgan fingerprint density at radius 3 is 2.90 bits per heavy atom. The van der Waals surface area contributed by atoms with Gasteiger partial charge in [0, 0.05) is 11.8 Å². The van der Waals surface area contributed by atoms with E-state index in [0.29, 0.717) is 11.3 Å². The summed E-state index contributed by atoms with van der Waals surface area (Å²) in [6, 6.07) is 7.90. The van der Waals surface area contributed by atoms with Crippen LogP contribution in [0.3, 0.4) is 0 Å². The number of alkyl halides is 1. The van der Waals surface area contributed by atoms with Crippen LogP contribution >= 0.6 is 11.6 Å². The number of para-hydroxylation sites is 2. The molecule has 3 heteroatoms. The van der Waals surface area contributed by atoms with Crippen molar-refractivity contribution in [3.63, 3.8) is 0 Å². The highest BCUT2D eigenvalue weighted by atomic mass is 35.5. The maximum atomic E-state index is 6.71. The number of nitrogens with zero attached hydrogens (tertiary/aromatic N) is 1. The van der Waals surface area contributed by atoms with Gasteiger partial charge in [0.25, 0.3) is 0 Å². The van der Waals surface area contributed by atoms with Gasteiger partial charge in [-0.15, -0.1) is 11.6 Å². The second-order valence-electron chi connectivity index (χ2n) is 6.64. The summed E-state index contributed by atoms with van der Waals surface area (Å²) in [7, 11) is 0. The topological polar surface area (TPSA) is 26.0 Å². The van der Waals surface area contributed by atoms with E-state index in [-0.39, 0.29) is 5.38 Å². The number of halogens is 1. The largest absolute Gasteiger partial charge is 0.441 e. The van der Waals surface area contributed by atoms with Crippen LogP contribution in [0.5, 0.6) is 0 Å². The third-order valence-electron chi connectivity index (χ3n) is 4.73. The minimum Gasteiger partial charge on any atom is -0.441 e. The first kappa shape index (κ1) is 13.9. The Hall–Kier alpha value is -1.02. The van der Waals surface area contributed by atoms with E-state index in [9.17, 15) is 0 Å². The van der Waals surface area contributed by atoms with Gasteiger partial charge in [-0.1, -0.05) is 38.8 Å². The number of benzene rings is 1. The molecule has 1 saturated carbocycles. The Kier molecular flexibility index (Phi) is 3.76. The third kappa shape index (κ3) is 2.71. The molecule has 0 N–H and O–H groups in total. The van der Waals surface area contributed by atoms with Gasteiger partial charge in [0.05, 0.1) is 0 Å². The van der Waals surface area contributed by atoms with Crippen LogP contribution in [0.1, 0.15) is 45.4 Å². The molecule has 20 heavy (non-hydrogen) atoms. The van der Waals surface area contributed by atoms with Crippen LogP contribution in [0.4, 0.5) is 0 Å². The molecule has 1 aliphatic rings. The molecule has 0 spiro atoms. The Balaban J connectivity index is 1.76. The fourth-order valence-corrected chi connectivity index (χ4v) is 4.11. The van der Waals surface area contributed by atoms with Crippen molar-refractivity contribution in [3.05, 3.63) is 30.2 Å². The predicted molar refractivity (Wildman–Crippen MR) is 83.1 cm³/mol. The van der Waals surface area contributed by atoms with E-state index in [0.717, 1.165) is 23.4 Å². The first-order valence-corrected chi connectivity index (χ1v) is 7.98. The van der Waals surface area contributed by atoms with Gasteiger partial charge >= 0.3 is 0 Å². The molecule has 1 aromatic heterocycles. The number of rotatable bonds is 3. The quantitative estimate of drug-likeness (QED) is 0.727. The van der Waals surface area contributed by atoms with Crippen molar-refractivity contribution >= 4 is 22.7 Å². The lowest BCUT2D eigenvalue weighted by Crippen LogP contribution is -2.35. The molecule has 1 heterocycles. The van der Waals surface area contributed by atoms with Crippen LogP contribution in [0.25, 0.3) is 11.1 Å². The average Bonchev–Trinajstić information content (AvgIpc) is 2.80. The average molecular weight is 292 g/mol. The van der Waals surface area contributed by atoms with Crippen molar-refractivity contribution in [2.45, 2.75) is 51.3 Å². The fourth-order valence-electron chi connectivity index (χ4n) is 3.51. The molecule has 0 saturated heterocycles. The van der Waals surface area contributed by atoms with Gasteiger partial charge in [-0.05, 0) is 36.3 Å². The summed E-state index contributed by atoms with van der Waals surface area (Å²) in [6.07, 6.45) is 5.85. The molecule has 1 fully saturated rings. The van der Waals surface area contributed by atoms with Crippen LogP contribution in [0.2, 0.25) is 0 Å². The van der Waals surface area contributed by atoms with E-state index >= 15 is 0 Å². The monoisotopic (exact) mass is 291 g/mol. The molecule has 108 valence electrons. The van der Waals surface area contributed by atoms with Crippen molar-refractivity contribution in [1.29, 1.82) is 0 Å². The smallest absolute Gasteiger partial charge is 0.196 e. The molecule has 1 aliphatic carbocycles. The van der Waals surface area contributed by atoms with E-state index in [1.807, 2.05) is 24.3 Å². The van der Waals surface area contributed by atoms with Crippen molar-refractivity contribution in [2.24, 2.45) is 11.3 Å². The Labute approximate surface area is 125 Å². The Morgan fingerprint density at radius 1 is 1.35 bits per heavy atom. The number of aromatic nitrogens is 1. The Morgan fingerprint density at radius 2 is 2.15 bits per heavy atom. The van der Waals surface area contributed by atoms with Crippen molar-refractivity contribution in [2.75, 3.05) is 0 Å². The fraction of sp³-hybridized carbons (Fsp3) is 0.588. The molecule has 3 rings (SSSR count). The van der Waals surface area contributed by atoms with Crippen molar-refractivity contribution < 1.29 is 4.42 Å². The van der Waals surface area contributed by atoms with Crippen LogP contribution in [-0.2, 0) is 6.42 Å². The normalized spacial score (nSPS) is 23.9. The third-order valence-corrected chi connectivity index (χ3v) is 5.19. The van der Waals surface area contributed by atoms with Gasteiger partial charge < -0.3 is 4.42 Å². The predicted octanol–water partition coefficient (Wildman–Crippen LogP) is 5.19.